The van der Waals surface area contributed by atoms with E-state index in [9.17, 15) is 4.79 Å². The number of anilines is 2. The molecule has 144 valence electrons. The summed E-state index contributed by atoms with van der Waals surface area (Å²) in [4.78, 5) is 22.0. The van der Waals surface area contributed by atoms with Gasteiger partial charge in [-0.15, -0.1) is 0 Å². The number of aryl methyl sites for hydroxylation is 1. The zero-order valence-electron chi connectivity index (χ0n) is 15.9. The van der Waals surface area contributed by atoms with Crippen molar-refractivity contribution in [3.8, 4) is 22.5 Å². The van der Waals surface area contributed by atoms with Gasteiger partial charge in [0.2, 0.25) is 0 Å². The molecule has 0 atom stereocenters. The Bertz CT molecular complexity index is 1190. The fourth-order valence-corrected chi connectivity index (χ4v) is 3.03. The van der Waals surface area contributed by atoms with E-state index in [0.29, 0.717) is 29.3 Å². The minimum absolute atomic E-state index is 0.252. The number of benzene rings is 2. The molecule has 0 unspecified atom stereocenters. The van der Waals surface area contributed by atoms with Crippen LogP contribution in [0.1, 0.15) is 5.56 Å². The average Bonchev–Trinajstić information content (AvgIpc) is 2.76. The van der Waals surface area contributed by atoms with Crippen LogP contribution in [0.25, 0.3) is 22.5 Å². The molecule has 0 aliphatic rings. The van der Waals surface area contributed by atoms with Gasteiger partial charge in [0.1, 0.15) is 5.69 Å². The maximum atomic E-state index is 12.7. The van der Waals surface area contributed by atoms with Crippen molar-refractivity contribution in [2.24, 2.45) is 7.05 Å². The van der Waals surface area contributed by atoms with Gasteiger partial charge in [0.15, 0.2) is 11.6 Å². The Balaban J connectivity index is 1.83. The predicted octanol–water partition coefficient (Wildman–Crippen LogP) is 3.10. The molecular weight excluding hydrogens is 364 g/mol. The molecular formula is C22H20N6O. The first kappa shape index (κ1) is 18.4. The molecule has 0 saturated heterocycles. The zero-order valence-corrected chi connectivity index (χ0v) is 15.9. The second-order valence-electron chi connectivity index (χ2n) is 6.53. The molecule has 4 rings (SSSR count). The molecule has 7 nitrogen and oxygen atoms in total. The van der Waals surface area contributed by atoms with Crippen molar-refractivity contribution in [2.45, 2.75) is 6.54 Å². The van der Waals surface area contributed by atoms with Crippen LogP contribution >= 0.6 is 0 Å². The van der Waals surface area contributed by atoms with Crippen molar-refractivity contribution >= 4 is 11.6 Å². The Morgan fingerprint density at radius 2 is 1.62 bits per heavy atom. The van der Waals surface area contributed by atoms with Gasteiger partial charge in [-0.25, -0.2) is 14.6 Å². The van der Waals surface area contributed by atoms with Crippen LogP contribution in [0.15, 0.2) is 77.7 Å². The summed E-state index contributed by atoms with van der Waals surface area (Å²) in [6, 6.07) is 21.1. The Hall–Kier alpha value is -4.00. The first-order chi connectivity index (χ1) is 14.1. The summed E-state index contributed by atoms with van der Waals surface area (Å²) in [6.07, 6.45) is 1.57. The Morgan fingerprint density at radius 1 is 0.931 bits per heavy atom. The van der Waals surface area contributed by atoms with Gasteiger partial charge < -0.3 is 11.1 Å². The molecule has 4 aromatic rings. The number of aromatic nitrogens is 4. The van der Waals surface area contributed by atoms with Crippen LogP contribution in [0.3, 0.4) is 0 Å². The second-order valence-corrected chi connectivity index (χ2v) is 6.53. The highest BCUT2D eigenvalue weighted by Gasteiger charge is 2.18. The summed E-state index contributed by atoms with van der Waals surface area (Å²) < 4.78 is 1.28. The summed E-state index contributed by atoms with van der Waals surface area (Å²) >= 11 is 0. The van der Waals surface area contributed by atoms with Gasteiger partial charge in [-0.2, -0.15) is 5.10 Å². The first-order valence-corrected chi connectivity index (χ1v) is 9.17. The molecule has 0 radical (unpaired) electrons. The van der Waals surface area contributed by atoms with E-state index in [1.807, 2.05) is 60.7 Å². The molecule has 29 heavy (non-hydrogen) atoms. The van der Waals surface area contributed by atoms with E-state index in [0.717, 1.165) is 11.1 Å². The Morgan fingerprint density at radius 3 is 2.34 bits per heavy atom. The molecule has 0 amide bonds. The topological polar surface area (TPSA) is 98.7 Å². The van der Waals surface area contributed by atoms with Crippen molar-refractivity contribution in [1.29, 1.82) is 0 Å². The van der Waals surface area contributed by atoms with Crippen molar-refractivity contribution in [1.82, 2.24) is 19.7 Å². The van der Waals surface area contributed by atoms with E-state index in [2.05, 4.69) is 15.4 Å². The van der Waals surface area contributed by atoms with Crippen LogP contribution < -0.4 is 16.6 Å². The number of nitrogen functional groups attached to an aromatic ring is 1. The van der Waals surface area contributed by atoms with E-state index in [1.165, 1.54) is 4.68 Å². The fraction of sp³-hybridized carbons (Fsp3) is 0.0909. The van der Waals surface area contributed by atoms with Crippen LogP contribution in [-0.2, 0) is 13.6 Å². The van der Waals surface area contributed by atoms with Crippen molar-refractivity contribution in [3.05, 3.63) is 88.8 Å². The van der Waals surface area contributed by atoms with E-state index in [1.54, 1.807) is 19.3 Å². The van der Waals surface area contributed by atoms with Crippen LogP contribution in [0, 0.1) is 0 Å². The van der Waals surface area contributed by atoms with Gasteiger partial charge in [0, 0.05) is 25.4 Å². The van der Waals surface area contributed by atoms with E-state index < -0.39 is 0 Å². The molecule has 0 aliphatic carbocycles. The lowest BCUT2D eigenvalue weighted by molar-refractivity contribution is 0.709. The molecule has 2 aromatic carbocycles. The predicted molar refractivity (Wildman–Crippen MR) is 114 cm³/mol. The monoisotopic (exact) mass is 384 g/mol. The van der Waals surface area contributed by atoms with E-state index >= 15 is 0 Å². The second kappa shape index (κ2) is 7.93. The maximum absolute atomic E-state index is 12.7. The summed E-state index contributed by atoms with van der Waals surface area (Å²) in [5, 5.41) is 7.23. The lowest BCUT2D eigenvalue weighted by atomic mass is 10.1. The quantitative estimate of drug-likeness (QED) is 0.549. The molecule has 7 heteroatoms. The molecule has 0 spiro atoms. The molecule has 0 fully saturated rings. The first-order valence-electron chi connectivity index (χ1n) is 9.17. The molecule has 2 aromatic heterocycles. The van der Waals surface area contributed by atoms with Crippen LogP contribution in [0.2, 0.25) is 0 Å². The lowest BCUT2D eigenvalue weighted by Gasteiger charge is -2.14. The zero-order chi connectivity index (χ0) is 20.2. The number of hydrogen-bond acceptors (Lipinski definition) is 6. The van der Waals surface area contributed by atoms with E-state index in [-0.39, 0.29) is 11.4 Å². The normalized spacial score (nSPS) is 10.7. The highest BCUT2D eigenvalue weighted by atomic mass is 16.1. The Kier molecular flexibility index (Phi) is 5.03. The minimum Gasteiger partial charge on any atom is -0.381 e. The van der Waals surface area contributed by atoms with Gasteiger partial charge in [0.25, 0.3) is 5.56 Å². The minimum atomic E-state index is -0.252. The third kappa shape index (κ3) is 3.84. The van der Waals surface area contributed by atoms with Crippen molar-refractivity contribution in [3.63, 3.8) is 0 Å². The highest BCUT2D eigenvalue weighted by molar-refractivity contribution is 5.80. The summed E-state index contributed by atoms with van der Waals surface area (Å²) in [7, 11) is 1.60. The lowest BCUT2D eigenvalue weighted by Crippen LogP contribution is -2.21. The van der Waals surface area contributed by atoms with Gasteiger partial charge >= 0.3 is 0 Å². The largest absolute Gasteiger partial charge is 0.381 e. The highest BCUT2D eigenvalue weighted by Crippen LogP contribution is 2.30. The molecule has 0 bridgehead atoms. The number of nitrogens with one attached hydrogen (secondary N) is 1. The van der Waals surface area contributed by atoms with Gasteiger partial charge in [-0.05, 0) is 11.6 Å². The third-order valence-electron chi connectivity index (χ3n) is 4.53. The van der Waals surface area contributed by atoms with Gasteiger partial charge in [-0.1, -0.05) is 60.7 Å². The number of nitrogens with two attached hydrogens (primary N) is 1. The molecule has 2 heterocycles. The number of rotatable bonds is 5. The summed E-state index contributed by atoms with van der Waals surface area (Å²) in [5.74, 6) is 0.705. The SMILES string of the molecule is Cn1nccc(-c2nc(NCc3ccccc3)c(N)nc2-c2ccccc2)c1=O. The van der Waals surface area contributed by atoms with Gasteiger partial charge in [-0.3, -0.25) is 4.79 Å². The van der Waals surface area contributed by atoms with E-state index in [4.69, 9.17) is 10.7 Å². The molecule has 3 N–H and O–H groups in total. The number of nitrogens with zero attached hydrogens (tertiary/aromatic N) is 4. The standard InChI is InChI=1S/C22H20N6O/c1-28-22(29)17(12-13-25-28)19-18(16-10-6-3-7-11-16)26-20(23)21(27-19)24-14-15-8-4-2-5-9-15/h2-13H,14H2,1H3,(H2,23,26)(H,24,27). The average molecular weight is 384 g/mol. The molecule has 0 aliphatic heterocycles. The third-order valence-corrected chi connectivity index (χ3v) is 4.53. The molecule has 0 saturated carbocycles. The van der Waals surface area contributed by atoms with Crippen molar-refractivity contribution in [2.75, 3.05) is 11.1 Å². The van der Waals surface area contributed by atoms with Crippen molar-refractivity contribution < 1.29 is 0 Å². The van der Waals surface area contributed by atoms with Gasteiger partial charge in [0.05, 0.1) is 11.3 Å². The maximum Gasteiger partial charge on any atom is 0.276 e. The summed E-state index contributed by atoms with van der Waals surface area (Å²) in [5.41, 5.74) is 9.30. The Labute approximate surface area is 167 Å². The summed E-state index contributed by atoms with van der Waals surface area (Å²) in [6.45, 7) is 0.540. The van der Waals surface area contributed by atoms with Crippen LogP contribution in [-0.4, -0.2) is 19.7 Å². The van der Waals surface area contributed by atoms with Crippen LogP contribution in [0.4, 0.5) is 11.6 Å². The number of hydrogen-bond donors (Lipinski definition) is 2. The smallest absolute Gasteiger partial charge is 0.276 e. The van der Waals surface area contributed by atoms with Crippen LogP contribution in [0.5, 0.6) is 0 Å². The fourth-order valence-electron chi connectivity index (χ4n) is 3.03.